The lowest BCUT2D eigenvalue weighted by molar-refractivity contribution is 0.752. The molecule has 2 heterocycles. The van der Waals surface area contributed by atoms with Crippen molar-refractivity contribution in [2.75, 3.05) is 0 Å². The lowest BCUT2D eigenvalue weighted by atomic mass is 10.2. The molecule has 0 amide bonds. The Balaban J connectivity index is 2.12. The topological polar surface area (TPSA) is 30.7 Å². The maximum Gasteiger partial charge on any atom is 0.125 e. The Hall–Kier alpha value is -1.39. The van der Waals surface area contributed by atoms with Crippen molar-refractivity contribution in [3.8, 4) is 0 Å². The monoisotopic (exact) mass is 349 g/mol. The highest BCUT2D eigenvalue weighted by molar-refractivity contribution is 9.10. The Morgan fingerprint density at radius 3 is 2.90 bits per heavy atom. The fourth-order valence-electron chi connectivity index (χ4n) is 2.26. The molecule has 0 unspecified atom stereocenters. The van der Waals surface area contributed by atoms with Crippen LogP contribution in [0.15, 0.2) is 41.0 Å². The molecule has 102 valence electrons. The smallest absolute Gasteiger partial charge is 0.125 e. The summed E-state index contributed by atoms with van der Waals surface area (Å²) < 4.78 is 3.15. The highest BCUT2D eigenvalue weighted by Gasteiger charge is 2.12. The summed E-state index contributed by atoms with van der Waals surface area (Å²) in [4.78, 5) is 9.04. The van der Waals surface area contributed by atoms with Gasteiger partial charge in [0.1, 0.15) is 5.82 Å². The van der Waals surface area contributed by atoms with E-state index in [-0.39, 0.29) is 0 Å². The van der Waals surface area contributed by atoms with Gasteiger partial charge >= 0.3 is 0 Å². The zero-order valence-corrected chi connectivity index (χ0v) is 13.3. The van der Waals surface area contributed by atoms with Gasteiger partial charge in [0.25, 0.3) is 0 Å². The summed E-state index contributed by atoms with van der Waals surface area (Å²) >= 11 is 9.51. The number of benzene rings is 1. The number of halogens is 2. The summed E-state index contributed by atoms with van der Waals surface area (Å²) in [6, 6.07) is 10.1. The Morgan fingerprint density at radius 2 is 2.15 bits per heavy atom. The van der Waals surface area contributed by atoms with Gasteiger partial charge in [0, 0.05) is 10.7 Å². The minimum atomic E-state index is 0.387. The second-order valence-electron chi connectivity index (χ2n) is 4.65. The molecule has 0 aliphatic rings. The van der Waals surface area contributed by atoms with Crippen molar-refractivity contribution in [1.82, 2.24) is 14.5 Å². The van der Waals surface area contributed by atoms with E-state index in [2.05, 4.69) is 49.5 Å². The summed E-state index contributed by atoms with van der Waals surface area (Å²) in [5, 5.41) is 0. The molecule has 0 aliphatic heterocycles. The normalized spacial score (nSPS) is 11.2. The lowest BCUT2D eigenvalue weighted by Gasteiger charge is -2.09. The maximum atomic E-state index is 6.03. The number of fused-ring (bicyclic) bond motifs is 1. The van der Waals surface area contributed by atoms with Crippen LogP contribution in [0.4, 0.5) is 0 Å². The Labute approximate surface area is 130 Å². The number of alkyl halides is 1. The maximum absolute atomic E-state index is 6.03. The first-order chi connectivity index (χ1) is 9.69. The molecular weight excluding hydrogens is 338 g/mol. The van der Waals surface area contributed by atoms with Gasteiger partial charge in [-0.05, 0) is 36.8 Å². The number of imidazole rings is 1. The van der Waals surface area contributed by atoms with Crippen LogP contribution in [0.1, 0.15) is 17.1 Å². The molecule has 0 radical (unpaired) electrons. The van der Waals surface area contributed by atoms with E-state index in [4.69, 9.17) is 11.6 Å². The minimum Gasteiger partial charge on any atom is -0.321 e. The minimum absolute atomic E-state index is 0.387. The predicted molar refractivity (Wildman–Crippen MR) is 85.1 cm³/mol. The number of aromatic nitrogens is 3. The molecule has 2 aromatic heterocycles. The van der Waals surface area contributed by atoms with E-state index in [9.17, 15) is 0 Å². The molecule has 0 spiro atoms. The first-order valence-corrected chi connectivity index (χ1v) is 7.63. The first kappa shape index (κ1) is 13.6. The SMILES string of the molecule is Cc1cccnc1Cn1c(CCl)nc2cc(Br)ccc21. The van der Waals surface area contributed by atoms with Gasteiger partial charge < -0.3 is 4.57 Å². The summed E-state index contributed by atoms with van der Waals surface area (Å²) in [7, 11) is 0. The molecule has 3 rings (SSSR count). The second-order valence-corrected chi connectivity index (χ2v) is 5.83. The van der Waals surface area contributed by atoms with Crippen LogP contribution >= 0.6 is 27.5 Å². The van der Waals surface area contributed by atoms with E-state index in [1.165, 1.54) is 5.56 Å². The van der Waals surface area contributed by atoms with Gasteiger partial charge in [0.05, 0.1) is 29.2 Å². The lowest BCUT2D eigenvalue weighted by Crippen LogP contribution is -2.06. The third-order valence-electron chi connectivity index (χ3n) is 3.33. The van der Waals surface area contributed by atoms with Gasteiger partial charge in [-0.3, -0.25) is 4.98 Å². The van der Waals surface area contributed by atoms with Gasteiger partial charge in [0.15, 0.2) is 0 Å². The fraction of sp³-hybridized carbons (Fsp3) is 0.200. The summed E-state index contributed by atoms with van der Waals surface area (Å²) in [6.07, 6.45) is 1.82. The van der Waals surface area contributed by atoms with Crippen LogP contribution in [0.25, 0.3) is 11.0 Å². The van der Waals surface area contributed by atoms with Crippen molar-refractivity contribution in [2.24, 2.45) is 0 Å². The van der Waals surface area contributed by atoms with Crippen LogP contribution in [0.3, 0.4) is 0 Å². The molecule has 0 saturated carbocycles. The molecule has 0 aliphatic carbocycles. The van der Waals surface area contributed by atoms with Crippen molar-refractivity contribution in [3.63, 3.8) is 0 Å². The van der Waals surface area contributed by atoms with Crippen LogP contribution in [0.2, 0.25) is 0 Å². The molecule has 0 saturated heterocycles. The number of nitrogens with zero attached hydrogens (tertiary/aromatic N) is 3. The third kappa shape index (κ3) is 2.45. The molecule has 20 heavy (non-hydrogen) atoms. The van der Waals surface area contributed by atoms with Gasteiger partial charge in [0.2, 0.25) is 0 Å². The number of hydrogen-bond acceptors (Lipinski definition) is 2. The molecule has 3 aromatic rings. The van der Waals surface area contributed by atoms with Crippen LogP contribution in [-0.2, 0) is 12.4 Å². The van der Waals surface area contributed by atoms with Crippen LogP contribution in [-0.4, -0.2) is 14.5 Å². The summed E-state index contributed by atoms with van der Waals surface area (Å²) in [6.45, 7) is 2.76. The van der Waals surface area contributed by atoms with Crippen LogP contribution in [0.5, 0.6) is 0 Å². The van der Waals surface area contributed by atoms with Crippen LogP contribution < -0.4 is 0 Å². The van der Waals surface area contributed by atoms with Gasteiger partial charge in [-0.1, -0.05) is 22.0 Å². The van der Waals surface area contributed by atoms with Crippen molar-refractivity contribution in [3.05, 3.63) is 58.1 Å². The van der Waals surface area contributed by atoms with E-state index in [0.29, 0.717) is 12.4 Å². The van der Waals surface area contributed by atoms with E-state index in [0.717, 1.165) is 27.0 Å². The van der Waals surface area contributed by atoms with E-state index in [1.807, 2.05) is 24.4 Å². The van der Waals surface area contributed by atoms with E-state index < -0.39 is 0 Å². The summed E-state index contributed by atoms with van der Waals surface area (Å²) in [5.74, 6) is 1.25. The molecule has 5 heteroatoms. The highest BCUT2D eigenvalue weighted by Crippen LogP contribution is 2.23. The molecule has 0 atom stereocenters. The Bertz CT molecular complexity index is 767. The molecule has 0 fully saturated rings. The van der Waals surface area contributed by atoms with E-state index >= 15 is 0 Å². The number of pyridine rings is 1. The molecule has 3 nitrogen and oxygen atoms in total. The predicted octanol–water partition coefficient (Wildman–Crippen LogP) is 4.29. The van der Waals surface area contributed by atoms with Gasteiger partial charge in [-0.2, -0.15) is 0 Å². The van der Waals surface area contributed by atoms with Gasteiger partial charge in [-0.25, -0.2) is 4.98 Å². The van der Waals surface area contributed by atoms with Crippen molar-refractivity contribution in [1.29, 1.82) is 0 Å². The number of aryl methyl sites for hydroxylation is 1. The summed E-state index contributed by atoms with van der Waals surface area (Å²) in [5.41, 5.74) is 4.24. The standard InChI is InChI=1S/C15H13BrClN3/c1-10-3-2-6-18-13(10)9-20-14-5-4-11(16)7-12(14)19-15(20)8-17/h2-7H,8-9H2,1H3. The Kier molecular flexibility index (Phi) is 3.76. The van der Waals surface area contributed by atoms with Crippen LogP contribution in [0, 0.1) is 6.92 Å². The second kappa shape index (κ2) is 5.54. The Morgan fingerprint density at radius 1 is 1.30 bits per heavy atom. The molecule has 1 aromatic carbocycles. The first-order valence-electron chi connectivity index (χ1n) is 6.30. The fourth-order valence-corrected chi connectivity index (χ4v) is 2.82. The van der Waals surface area contributed by atoms with Crippen molar-refractivity contribution < 1.29 is 0 Å². The van der Waals surface area contributed by atoms with Gasteiger partial charge in [-0.15, -0.1) is 11.6 Å². The highest BCUT2D eigenvalue weighted by atomic mass is 79.9. The number of hydrogen-bond donors (Lipinski definition) is 0. The van der Waals surface area contributed by atoms with Crippen molar-refractivity contribution >= 4 is 38.6 Å². The largest absolute Gasteiger partial charge is 0.321 e. The quantitative estimate of drug-likeness (QED) is 0.660. The van der Waals surface area contributed by atoms with E-state index in [1.54, 1.807) is 0 Å². The molecular formula is C15H13BrClN3. The average molecular weight is 351 g/mol. The average Bonchev–Trinajstić information content (AvgIpc) is 2.78. The molecule has 0 bridgehead atoms. The number of rotatable bonds is 3. The third-order valence-corrected chi connectivity index (χ3v) is 4.07. The van der Waals surface area contributed by atoms with Crippen molar-refractivity contribution in [2.45, 2.75) is 19.3 Å². The zero-order chi connectivity index (χ0) is 14.1. The zero-order valence-electron chi connectivity index (χ0n) is 11.0. The molecule has 0 N–H and O–H groups in total.